The molecule has 2 aromatic rings. The van der Waals surface area contributed by atoms with Crippen LogP contribution in [0.3, 0.4) is 0 Å². The fourth-order valence-corrected chi connectivity index (χ4v) is 3.49. The van der Waals surface area contributed by atoms with Gasteiger partial charge in [-0.05, 0) is 37.0 Å². The van der Waals surface area contributed by atoms with Gasteiger partial charge < -0.3 is 14.9 Å². The minimum atomic E-state index is -0.377. The summed E-state index contributed by atoms with van der Waals surface area (Å²) in [5.74, 6) is 1.30. The Morgan fingerprint density at radius 2 is 2.08 bits per heavy atom. The van der Waals surface area contributed by atoms with Crippen molar-refractivity contribution < 1.29 is 9.50 Å². The zero-order valence-electron chi connectivity index (χ0n) is 14.8. The molecule has 1 aliphatic rings. The van der Waals surface area contributed by atoms with Crippen molar-refractivity contribution in [2.24, 2.45) is 5.41 Å². The average molecular weight is 344 g/mol. The van der Waals surface area contributed by atoms with Gasteiger partial charge >= 0.3 is 0 Å². The highest BCUT2D eigenvalue weighted by Gasteiger charge is 2.36. The van der Waals surface area contributed by atoms with Crippen LogP contribution in [0.15, 0.2) is 36.5 Å². The lowest BCUT2D eigenvalue weighted by Gasteiger charge is -2.42. The fraction of sp³-hybridized carbons (Fsp3) is 0.474. The molecule has 1 N–H and O–H groups in total. The summed E-state index contributed by atoms with van der Waals surface area (Å²) in [6, 6.07) is 8.68. The lowest BCUT2D eigenvalue weighted by molar-refractivity contribution is 0.104. The molecular formula is C19H25FN4O. The first-order valence-corrected chi connectivity index (χ1v) is 8.63. The summed E-state index contributed by atoms with van der Waals surface area (Å²) in [5, 5.41) is 10.1. The first-order valence-electron chi connectivity index (χ1n) is 8.63. The molecule has 0 amide bonds. The van der Waals surface area contributed by atoms with E-state index in [1.165, 1.54) is 6.07 Å². The zero-order chi connectivity index (χ0) is 17.9. The van der Waals surface area contributed by atoms with Crippen LogP contribution in [-0.4, -0.2) is 48.9 Å². The summed E-state index contributed by atoms with van der Waals surface area (Å²) in [4.78, 5) is 13.1. The monoisotopic (exact) mass is 344 g/mol. The van der Waals surface area contributed by atoms with Crippen LogP contribution in [0.25, 0.3) is 0 Å². The van der Waals surface area contributed by atoms with Crippen LogP contribution in [0.4, 0.5) is 16.2 Å². The second kappa shape index (κ2) is 7.35. The van der Waals surface area contributed by atoms with Gasteiger partial charge in [-0.2, -0.15) is 4.98 Å². The molecule has 1 aromatic heterocycles. The van der Waals surface area contributed by atoms with Crippen molar-refractivity contribution in [2.75, 3.05) is 43.6 Å². The zero-order valence-corrected chi connectivity index (χ0v) is 14.8. The van der Waals surface area contributed by atoms with Crippen molar-refractivity contribution in [1.29, 1.82) is 0 Å². The van der Waals surface area contributed by atoms with Gasteiger partial charge in [0.05, 0.1) is 6.61 Å². The lowest BCUT2D eigenvalue weighted by atomic mass is 9.75. The molecule has 0 bridgehead atoms. The molecule has 2 heterocycles. The van der Waals surface area contributed by atoms with E-state index in [0.29, 0.717) is 24.5 Å². The average Bonchev–Trinajstić information content (AvgIpc) is 2.64. The third-order valence-corrected chi connectivity index (χ3v) is 4.89. The largest absolute Gasteiger partial charge is 0.396 e. The highest BCUT2D eigenvalue weighted by Crippen LogP contribution is 2.35. The van der Waals surface area contributed by atoms with Gasteiger partial charge in [0.25, 0.3) is 0 Å². The maximum absolute atomic E-state index is 14.1. The van der Waals surface area contributed by atoms with Crippen molar-refractivity contribution in [2.45, 2.75) is 19.3 Å². The number of anilines is 2. The van der Waals surface area contributed by atoms with Gasteiger partial charge in [0, 0.05) is 38.8 Å². The van der Waals surface area contributed by atoms with Crippen molar-refractivity contribution in [3.63, 3.8) is 0 Å². The second-order valence-corrected chi connectivity index (χ2v) is 7.06. The Bertz CT molecular complexity index is 724. The van der Waals surface area contributed by atoms with E-state index >= 15 is 0 Å². The van der Waals surface area contributed by atoms with Gasteiger partial charge in [0.15, 0.2) is 0 Å². The van der Waals surface area contributed by atoms with E-state index in [-0.39, 0.29) is 17.8 Å². The number of piperidine rings is 1. The normalized spacial score (nSPS) is 20.6. The van der Waals surface area contributed by atoms with Gasteiger partial charge in [-0.1, -0.05) is 18.2 Å². The molecule has 1 saturated heterocycles. The first-order chi connectivity index (χ1) is 12.0. The predicted octanol–water partition coefficient (Wildman–Crippen LogP) is 2.50. The molecule has 1 atom stereocenters. The van der Waals surface area contributed by atoms with E-state index in [0.717, 1.165) is 25.2 Å². The Hall–Kier alpha value is -2.21. The predicted molar refractivity (Wildman–Crippen MR) is 97.4 cm³/mol. The molecule has 6 heteroatoms. The molecule has 25 heavy (non-hydrogen) atoms. The van der Waals surface area contributed by atoms with E-state index in [2.05, 4.69) is 14.9 Å². The number of aliphatic hydroxyl groups is 1. The second-order valence-electron chi connectivity index (χ2n) is 7.06. The number of halogens is 1. The molecule has 1 aromatic carbocycles. The minimum absolute atomic E-state index is 0.0191. The molecule has 1 fully saturated rings. The molecule has 0 aliphatic carbocycles. The highest BCUT2D eigenvalue weighted by atomic mass is 19.1. The van der Waals surface area contributed by atoms with Gasteiger partial charge in [-0.25, -0.2) is 9.37 Å². The van der Waals surface area contributed by atoms with E-state index < -0.39 is 0 Å². The molecular weight excluding hydrogens is 319 g/mol. The van der Waals surface area contributed by atoms with E-state index in [1.807, 2.05) is 31.1 Å². The smallest absolute Gasteiger partial charge is 0.227 e. The number of nitrogens with zero attached hydrogens (tertiary/aromatic N) is 4. The van der Waals surface area contributed by atoms with E-state index in [4.69, 9.17) is 0 Å². The number of aromatic nitrogens is 2. The number of hydrogen-bond acceptors (Lipinski definition) is 5. The summed E-state index contributed by atoms with van der Waals surface area (Å²) in [6.07, 6.45) is 4.05. The summed E-state index contributed by atoms with van der Waals surface area (Å²) < 4.78 is 14.1. The Morgan fingerprint density at radius 1 is 1.28 bits per heavy atom. The quantitative estimate of drug-likeness (QED) is 0.903. The van der Waals surface area contributed by atoms with Crippen LogP contribution < -0.4 is 9.80 Å². The van der Waals surface area contributed by atoms with Crippen LogP contribution in [0, 0.1) is 11.2 Å². The topological polar surface area (TPSA) is 52.5 Å². The summed E-state index contributed by atoms with van der Waals surface area (Å²) in [5.41, 5.74) is 0.277. The van der Waals surface area contributed by atoms with Crippen LogP contribution in [-0.2, 0) is 6.42 Å². The molecule has 1 aliphatic heterocycles. The summed E-state index contributed by atoms with van der Waals surface area (Å²) >= 11 is 0. The van der Waals surface area contributed by atoms with E-state index in [1.54, 1.807) is 18.3 Å². The fourth-order valence-electron chi connectivity index (χ4n) is 3.49. The highest BCUT2D eigenvalue weighted by molar-refractivity contribution is 5.43. The SMILES string of the molecule is CN(C)c1ccnc(N2CCC[C@](CO)(Cc3ccccc3F)C2)n1. The maximum atomic E-state index is 14.1. The Labute approximate surface area is 148 Å². The molecule has 5 nitrogen and oxygen atoms in total. The molecule has 0 saturated carbocycles. The van der Waals surface area contributed by atoms with Crippen LogP contribution >= 0.6 is 0 Å². The maximum Gasteiger partial charge on any atom is 0.227 e. The Balaban J connectivity index is 1.83. The molecule has 0 spiro atoms. The van der Waals surface area contributed by atoms with Crippen molar-refractivity contribution >= 4 is 11.8 Å². The lowest BCUT2D eigenvalue weighted by Crippen LogP contribution is -2.47. The van der Waals surface area contributed by atoms with Crippen molar-refractivity contribution in [1.82, 2.24) is 9.97 Å². The van der Waals surface area contributed by atoms with Crippen molar-refractivity contribution in [3.05, 3.63) is 47.9 Å². The molecule has 0 radical (unpaired) electrons. The van der Waals surface area contributed by atoms with Gasteiger partial charge in [0.2, 0.25) is 5.95 Å². The minimum Gasteiger partial charge on any atom is -0.396 e. The van der Waals surface area contributed by atoms with Gasteiger partial charge in [-0.15, -0.1) is 0 Å². The Kier molecular flexibility index (Phi) is 5.18. The van der Waals surface area contributed by atoms with Crippen molar-refractivity contribution in [3.8, 4) is 0 Å². The standard InChI is InChI=1S/C19H25FN4O/c1-23(2)17-8-10-21-18(22-17)24-11-5-9-19(13-24,14-25)12-15-6-3-4-7-16(15)20/h3-4,6-8,10,25H,5,9,11-14H2,1-2H3/t19-/m0/s1. The van der Waals surface area contributed by atoms with Gasteiger partial charge in [0.1, 0.15) is 11.6 Å². The third kappa shape index (κ3) is 3.90. The summed E-state index contributed by atoms with van der Waals surface area (Å²) in [7, 11) is 3.89. The molecule has 3 rings (SSSR count). The van der Waals surface area contributed by atoms with E-state index in [9.17, 15) is 9.50 Å². The first kappa shape index (κ1) is 17.6. The van der Waals surface area contributed by atoms with Crippen LogP contribution in [0.2, 0.25) is 0 Å². The number of aliphatic hydroxyl groups excluding tert-OH is 1. The van der Waals surface area contributed by atoms with Crippen LogP contribution in [0.5, 0.6) is 0 Å². The third-order valence-electron chi connectivity index (χ3n) is 4.89. The summed E-state index contributed by atoms with van der Waals surface area (Å²) in [6.45, 7) is 1.48. The Morgan fingerprint density at radius 3 is 2.80 bits per heavy atom. The number of rotatable bonds is 5. The number of benzene rings is 1. The number of hydrogen-bond donors (Lipinski definition) is 1. The molecule has 134 valence electrons. The molecule has 0 unspecified atom stereocenters. The van der Waals surface area contributed by atoms with Crippen LogP contribution in [0.1, 0.15) is 18.4 Å². The van der Waals surface area contributed by atoms with Gasteiger partial charge in [-0.3, -0.25) is 0 Å².